The number of hydrogen-bond acceptors (Lipinski definition) is 0. The maximum absolute atomic E-state index is 4.82. The molecule has 0 aliphatic rings. The molecule has 0 amide bonds. The summed E-state index contributed by atoms with van der Waals surface area (Å²) in [4.78, 5) is 0. The van der Waals surface area contributed by atoms with Crippen LogP contribution in [-0.2, 0) is 0 Å². The molecule has 0 rings (SSSR count). The van der Waals surface area contributed by atoms with Crippen LogP contribution in [0, 0.1) is 0 Å². The first kappa shape index (κ1) is 44.1. The standard InChI is InChI=1S/C6H18NSi2.4CH4.Na.H2O/c1-8(2,3)7-9(4,5)6;;;;;;/h1-6H3;4*1H4;;1H2/q-1;;;;;+1;. The normalized spacial score (nSPS) is 8.40. The third-order valence-electron chi connectivity index (χ3n) is 0.671. The van der Waals surface area contributed by atoms with Crippen molar-refractivity contribution in [2.24, 2.45) is 0 Å². The van der Waals surface area contributed by atoms with E-state index in [0.717, 1.165) is 0 Å². The van der Waals surface area contributed by atoms with E-state index in [9.17, 15) is 0 Å². The number of nitrogens with zero attached hydrogens (tertiary/aromatic N) is 1. The largest absolute Gasteiger partial charge is 1.00 e. The first-order valence-corrected chi connectivity index (χ1v) is 10.3. The minimum Gasteiger partial charge on any atom is -0.668 e. The Hall–Kier alpha value is 1.35. The summed E-state index contributed by atoms with van der Waals surface area (Å²) in [5.74, 6) is 0. The summed E-state index contributed by atoms with van der Waals surface area (Å²) in [6.45, 7) is 13.8. The molecule has 0 saturated heterocycles. The van der Waals surface area contributed by atoms with Crippen molar-refractivity contribution in [2.75, 3.05) is 0 Å². The van der Waals surface area contributed by atoms with Gasteiger partial charge >= 0.3 is 29.6 Å². The third kappa shape index (κ3) is 50.6. The fraction of sp³-hybridized carbons (Fsp3) is 1.00. The average Bonchev–Trinajstić information content (AvgIpc) is 1.14. The van der Waals surface area contributed by atoms with Crippen LogP contribution in [-0.4, -0.2) is 21.9 Å². The Kier molecular flexibility index (Phi) is 45.1. The number of rotatable bonds is 2. The van der Waals surface area contributed by atoms with E-state index in [1.807, 2.05) is 0 Å². The van der Waals surface area contributed by atoms with Crippen LogP contribution in [0.4, 0.5) is 0 Å². The van der Waals surface area contributed by atoms with Crippen LogP contribution in [0.5, 0.6) is 0 Å². The summed E-state index contributed by atoms with van der Waals surface area (Å²) in [5.41, 5.74) is 0. The first-order chi connectivity index (χ1) is 3.71. The van der Waals surface area contributed by atoms with Gasteiger partial charge in [-0.3, -0.25) is 0 Å². The third-order valence-corrected chi connectivity index (χ3v) is 6.04. The molecule has 0 heterocycles. The van der Waals surface area contributed by atoms with Gasteiger partial charge in [-0.2, -0.15) is 0 Å². The second-order valence-corrected chi connectivity index (χ2v) is 14.0. The fourth-order valence-electron chi connectivity index (χ4n) is 1.01. The van der Waals surface area contributed by atoms with Gasteiger partial charge in [0.15, 0.2) is 0 Å². The Balaban J connectivity index is -0.0000000213. The smallest absolute Gasteiger partial charge is 0.668 e. The Bertz CT molecular complexity index is 88.6. The Labute approximate surface area is 124 Å². The second kappa shape index (κ2) is 15.4. The van der Waals surface area contributed by atoms with Gasteiger partial charge in [-0.25, -0.2) is 0 Å². The van der Waals surface area contributed by atoms with Crippen LogP contribution >= 0.6 is 0 Å². The van der Waals surface area contributed by atoms with Crippen molar-refractivity contribution in [3.8, 4) is 0 Å². The van der Waals surface area contributed by atoms with E-state index in [0.29, 0.717) is 0 Å². The number of hydrogen-bond donors (Lipinski definition) is 0. The molecule has 0 aliphatic carbocycles. The van der Waals surface area contributed by atoms with Gasteiger partial charge in [0, 0.05) is 0 Å². The second-order valence-electron chi connectivity index (χ2n) is 4.45. The molecule has 0 aromatic carbocycles. The monoisotopic (exact) mass is 265 g/mol. The summed E-state index contributed by atoms with van der Waals surface area (Å²) in [7, 11) is -2.21. The van der Waals surface area contributed by atoms with Crippen molar-refractivity contribution < 1.29 is 35.0 Å². The van der Waals surface area contributed by atoms with Gasteiger partial charge in [-0.05, 0) is 0 Å². The van der Waals surface area contributed by atoms with E-state index in [2.05, 4.69) is 39.3 Å². The quantitative estimate of drug-likeness (QED) is 0.683. The molecule has 96 valence electrons. The van der Waals surface area contributed by atoms with Gasteiger partial charge in [0.25, 0.3) is 0 Å². The predicted octanol–water partition coefficient (Wildman–Crippen LogP) is 1.75. The topological polar surface area (TPSA) is 45.6 Å². The van der Waals surface area contributed by atoms with E-state index < -0.39 is 16.5 Å². The molecule has 0 saturated carbocycles. The van der Waals surface area contributed by atoms with Gasteiger partial charge in [-0.15, -0.1) is 0 Å². The maximum Gasteiger partial charge on any atom is 1.00 e. The van der Waals surface area contributed by atoms with Crippen molar-refractivity contribution >= 4 is 16.5 Å². The SMILES string of the molecule is C.C.C.C.C[Si](C)(C)[N-][Si](C)(C)C.O.[Na+]. The molecule has 0 unspecified atom stereocenters. The van der Waals surface area contributed by atoms with Crippen LogP contribution in [0.2, 0.25) is 39.3 Å². The van der Waals surface area contributed by atoms with Gasteiger partial charge in [0.05, 0.1) is 0 Å². The van der Waals surface area contributed by atoms with Gasteiger partial charge in [-0.1, -0.05) is 85.5 Å². The average molecular weight is 266 g/mol. The van der Waals surface area contributed by atoms with Crippen molar-refractivity contribution in [3.63, 3.8) is 0 Å². The minimum absolute atomic E-state index is 0. The van der Waals surface area contributed by atoms with Crippen molar-refractivity contribution in [1.29, 1.82) is 0 Å². The zero-order valence-corrected chi connectivity index (χ0v) is 12.9. The van der Waals surface area contributed by atoms with Gasteiger partial charge < -0.3 is 10.1 Å². The zero-order chi connectivity index (χ0) is 7.71. The summed E-state index contributed by atoms with van der Waals surface area (Å²) >= 11 is 0. The molecule has 0 fully saturated rings. The fourth-order valence-corrected chi connectivity index (χ4v) is 9.06. The molecule has 0 atom stereocenters. The Morgan fingerprint density at radius 1 is 0.600 bits per heavy atom. The molecule has 0 aromatic heterocycles. The van der Waals surface area contributed by atoms with Crippen LogP contribution in [0.25, 0.3) is 4.65 Å². The molecule has 0 spiro atoms. The molecular formula is C10H36NNaOSi2. The zero-order valence-electron chi connectivity index (χ0n) is 8.95. The molecule has 0 radical (unpaired) electrons. The molecule has 15 heavy (non-hydrogen) atoms. The van der Waals surface area contributed by atoms with E-state index in [1.54, 1.807) is 0 Å². The molecule has 0 bridgehead atoms. The van der Waals surface area contributed by atoms with Crippen LogP contribution in [0.1, 0.15) is 29.7 Å². The van der Waals surface area contributed by atoms with Crippen molar-refractivity contribution in [1.82, 2.24) is 0 Å². The van der Waals surface area contributed by atoms with E-state index in [1.165, 1.54) is 0 Å². The molecule has 2 nitrogen and oxygen atoms in total. The molecule has 2 N–H and O–H groups in total. The minimum atomic E-state index is -1.11. The first-order valence-electron chi connectivity index (χ1n) is 3.45. The molecular weight excluding hydrogens is 229 g/mol. The van der Waals surface area contributed by atoms with E-state index in [4.69, 9.17) is 4.65 Å². The van der Waals surface area contributed by atoms with Crippen LogP contribution in [0.3, 0.4) is 0 Å². The van der Waals surface area contributed by atoms with Gasteiger partial charge in [0.2, 0.25) is 0 Å². The maximum atomic E-state index is 4.82. The summed E-state index contributed by atoms with van der Waals surface area (Å²) in [6, 6.07) is 0. The molecule has 5 heteroatoms. The van der Waals surface area contributed by atoms with Crippen LogP contribution < -0.4 is 29.6 Å². The summed E-state index contributed by atoms with van der Waals surface area (Å²) in [6.07, 6.45) is 0. The van der Waals surface area contributed by atoms with Gasteiger partial charge in [0.1, 0.15) is 0 Å². The Morgan fingerprint density at radius 3 is 0.733 bits per heavy atom. The summed E-state index contributed by atoms with van der Waals surface area (Å²) in [5, 5.41) is 0. The Morgan fingerprint density at radius 2 is 0.733 bits per heavy atom. The van der Waals surface area contributed by atoms with Crippen LogP contribution in [0.15, 0.2) is 0 Å². The van der Waals surface area contributed by atoms with E-state index in [-0.39, 0.29) is 64.7 Å². The summed E-state index contributed by atoms with van der Waals surface area (Å²) < 4.78 is 4.82. The predicted molar refractivity (Wildman–Crippen MR) is 80.6 cm³/mol. The van der Waals surface area contributed by atoms with E-state index >= 15 is 0 Å². The van der Waals surface area contributed by atoms with Crippen molar-refractivity contribution in [2.45, 2.75) is 69.0 Å². The van der Waals surface area contributed by atoms with Crippen molar-refractivity contribution in [3.05, 3.63) is 4.65 Å². The molecule has 0 aliphatic heterocycles. The molecule has 0 aromatic rings.